The summed E-state index contributed by atoms with van der Waals surface area (Å²) in [6, 6.07) is 5.33. The number of likely N-dealkylation sites (N-methyl/N-ethyl adjacent to an activating group) is 1. The van der Waals surface area contributed by atoms with E-state index in [0.717, 1.165) is 25.9 Å². The van der Waals surface area contributed by atoms with Crippen molar-refractivity contribution in [3.05, 3.63) is 33.8 Å². The summed E-state index contributed by atoms with van der Waals surface area (Å²) in [4.78, 5) is 14.2. The van der Waals surface area contributed by atoms with Gasteiger partial charge in [-0.1, -0.05) is 23.2 Å². The zero-order valence-corrected chi connectivity index (χ0v) is 11.8. The maximum Gasteiger partial charge on any atom is 0.254 e. The van der Waals surface area contributed by atoms with Gasteiger partial charge in [-0.25, -0.2) is 0 Å². The Labute approximate surface area is 117 Å². The van der Waals surface area contributed by atoms with E-state index in [1.165, 1.54) is 0 Å². The second kappa shape index (κ2) is 5.91. The first-order chi connectivity index (χ1) is 8.60. The monoisotopic (exact) mass is 286 g/mol. The highest BCUT2D eigenvalue weighted by atomic mass is 35.5. The highest BCUT2D eigenvalue weighted by molar-refractivity contribution is 6.35. The first kappa shape index (κ1) is 13.7. The number of rotatable bonds is 2. The van der Waals surface area contributed by atoms with E-state index in [1.54, 1.807) is 18.2 Å². The van der Waals surface area contributed by atoms with Crippen LogP contribution in [0.15, 0.2) is 18.2 Å². The fraction of sp³-hybridized carbons (Fsp3) is 0.462. The summed E-state index contributed by atoms with van der Waals surface area (Å²) in [7, 11) is 1.93. The van der Waals surface area contributed by atoms with E-state index in [-0.39, 0.29) is 5.91 Å². The minimum Gasteiger partial charge on any atom is -0.337 e. The van der Waals surface area contributed by atoms with Crippen LogP contribution in [-0.4, -0.2) is 37.0 Å². The van der Waals surface area contributed by atoms with Crippen molar-refractivity contribution in [2.45, 2.75) is 18.9 Å². The number of benzene rings is 1. The number of nitrogens with one attached hydrogen (secondary N) is 1. The van der Waals surface area contributed by atoms with Crippen LogP contribution in [0.1, 0.15) is 23.2 Å². The minimum atomic E-state index is -0.000602. The molecule has 1 N–H and O–H groups in total. The number of amides is 1. The summed E-state index contributed by atoms with van der Waals surface area (Å²) >= 11 is 11.8. The Bertz CT molecular complexity index is 430. The molecule has 1 aliphatic heterocycles. The van der Waals surface area contributed by atoms with Gasteiger partial charge in [-0.2, -0.15) is 0 Å². The quantitative estimate of drug-likeness (QED) is 0.907. The summed E-state index contributed by atoms with van der Waals surface area (Å²) in [6.07, 6.45) is 2.13. The number of hydrogen-bond acceptors (Lipinski definition) is 2. The van der Waals surface area contributed by atoms with E-state index in [1.807, 2.05) is 11.9 Å². The molecule has 1 atom stereocenters. The van der Waals surface area contributed by atoms with Crippen molar-refractivity contribution >= 4 is 29.1 Å². The van der Waals surface area contributed by atoms with Crippen molar-refractivity contribution in [1.29, 1.82) is 0 Å². The fourth-order valence-electron chi connectivity index (χ4n) is 2.26. The standard InChI is InChI=1S/C13H16Cl2N2O/c1-16-12-3-2-4-17(8-12)13(18)9-5-10(14)7-11(15)6-9/h5-7,12,16H,2-4,8H2,1H3/t12-/m1/s1. The number of nitrogens with zero attached hydrogens (tertiary/aromatic N) is 1. The van der Waals surface area contributed by atoms with Gasteiger partial charge in [-0.15, -0.1) is 0 Å². The van der Waals surface area contributed by atoms with Gasteiger partial charge in [0.25, 0.3) is 5.91 Å². The molecular formula is C13H16Cl2N2O. The first-order valence-corrected chi connectivity index (χ1v) is 6.78. The zero-order valence-electron chi connectivity index (χ0n) is 10.2. The second-order valence-electron chi connectivity index (χ2n) is 4.54. The number of piperidine rings is 1. The van der Waals surface area contributed by atoms with Crippen LogP contribution in [-0.2, 0) is 0 Å². The molecule has 0 aliphatic carbocycles. The Morgan fingerprint density at radius 1 is 1.33 bits per heavy atom. The molecule has 1 amide bonds. The van der Waals surface area contributed by atoms with Crippen LogP contribution >= 0.6 is 23.2 Å². The zero-order chi connectivity index (χ0) is 13.1. The smallest absolute Gasteiger partial charge is 0.254 e. The SMILES string of the molecule is CN[C@@H]1CCCN(C(=O)c2cc(Cl)cc(Cl)c2)C1. The summed E-state index contributed by atoms with van der Waals surface area (Å²) in [5.74, 6) is -0.000602. The molecule has 1 fully saturated rings. The molecule has 0 aromatic heterocycles. The molecule has 1 saturated heterocycles. The summed E-state index contributed by atoms with van der Waals surface area (Å²) in [5.41, 5.74) is 0.559. The third kappa shape index (κ3) is 3.16. The lowest BCUT2D eigenvalue weighted by atomic mass is 10.0. The first-order valence-electron chi connectivity index (χ1n) is 6.03. The highest BCUT2D eigenvalue weighted by Gasteiger charge is 2.23. The molecule has 18 heavy (non-hydrogen) atoms. The third-order valence-corrected chi connectivity index (χ3v) is 3.66. The van der Waals surface area contributed by atoms with Gasteiger partial charge in [0.2, 0.25) is 0 Å². The van der Waals surface area contributed by atoms with E-state index in [2.05, 4.69) is 5.32 Å². The Balaban J connectivity index is 2.15. The maximum atomic E-state index is 12.3. The van der Waals surface area contributed by atoms with Gasteiger partial charge in [0.15, 0.2) is 0 Å². The molecular weight excluding hydrogens is 271 g/mol. The van der Waals surface area contributed by atoms with Crippen LogP contribution in [0.3, 0.4) is 0 Å². The molecule has 2 rings (SSSR count). The number of carbonyl (C=O) groups is 1. The summed E-state index contributed by atoms with van der Waals surface area (Å²) in [5, 5.41) is 4.20. The average Bonchev–Trinajstić information content (AvgIpc) is 2.37. The van der Waals surface area contributed by atoms with Gasteiger partial charge in [0.05, 0.1) is 0 Å². The normalized spacial score (nSPS) is 19.9. The molecule has 0 radical (unpaired) electrons. The van der Waals surface area contributed by atoms with Crippen molar-refractivity contribution in [2.75, 3.05) is 20.1 Å². The molecule has 5 heteroatoms. The van der Waals surface area contributed by atoms with Crippen molar-refractivity contribution in [3.8, 4) is 0 Å². The van der Waals surface area contributed by atoms with Crippen LogP contribution in [0.2, 0.25) is 10.0 Å². The molecule has 98 valence electrons. The molecule has 1 aromatic rings. The predicted octanol–water partition coefficient (Wildman–Crippen LogP) is 2.82. The van der Waals surface area contributed by atoms with Gasteiger partial charge in [-0.05, 0) is 38.1 Å². The Kier molecular flexibility index (Phi) is 4.49. The average molecular weight is 287 g/mol. The second-order valence-corrected chi connectivity index (χ2v) is 5.41. The van der Waals surface area contributed by atoms with Gasteiger partial charge < -0.3 is 10.2 Å². The van der Waals surface area contributed by atoms with Gasteiger partial charge in [0, 0.05) is 34.7 Å². The summed E-state index contributed by atoms with van der Waals surface area (Å²) in [6.45, 7) is 1.53. The van der Waals surface area contributed by atoms with E-state index in [9.17, 15) is 4.79 Å². The molecule has 1 aliphatic rings. The topological polar surface area (TPSA) is 32.3 Å². The minimum absolute atomic E-state index is 0.000602. The van der Waals surface area contributed by atoms with Crippen LogP contribution in [0.5, 0.6) is 0 Å². The lowest BCUT2D eigenvalue weighted by molar-refractivity contribution is 0.0698. The van der Waals surface area contributed by atoms with Crippen LogP contribution in [0.4, 0.5) is 0 Å². The maximum absolute atomic E-state index is 12.3. The molecule has 1 aromatic carbocycles. The van der Waals surface area contributed by atoms with Crippen LogP contribution < -0.4 is 5.32 Å². The molecule has 0 bridgehead atoms. The lowest BCUT2D eigenvalue weighted by Crippen LogP contribution is -2.46. The number of hydrogen-bond donors (Lipinski definition) is 1. The van der Waals surface area contributed by atoms with Gasteiger partial charge in [-0.3, -0.25) is 4.79 Å². The third-order valence-electron chi connectivity index (χ3n) is 3.23. The molecule has 1 heterocycles. The Hall–Kier alpha value is -0.770. The van der Waals surface area contributed by atoms with Crippen molar-refractivity contribution in [3.63, 3.8) is 0 Å². The number of halogens is 2. The number of likely N-dealkylation sites (tertiary alicyclic amines) is 1. The van der Waals surface area contributed by atoms with Crippen molar-refractivity contribution in [1.82, 2.24) is 10.2 Å². The fourth-order valence-corrected chi connectivity index (χ4v) is 2.78. The Morgan fingerprint density at radius 3 is 2.61 bits per heavy atom. The molecule has 0 unspecified atom stereocenters. The Morgan fingerprint density at radius 2 is 2.00 bits per heavy atom. The van der Waals surface area contributed by atoms with Gasteiger partial charge in [0.1, 0.15) is 0 Å². The van der Waals surface area contributed by atoms with Crippen molar-refractivity contribution in [2.24, 2.45) is 0 Å². The van der Waals surface area contributed by atoms with E-state index in [4.69, 9.17) is 23.2 Å². The molecule has 3 nitrogen and oxygen atoms in total. The van der Waals surface area contributed by atoms with Crippen molar-refractivity contribution < 1.29 is 4.79 Å². The van der Waals surface area contributed by atoms with Crippen LogP contribution in [0.25, 0.3) is 0 Å². The summed E-state index contributed by atoms with van der Waals surface area (Å²) < 4.78 is 0. The van der Waals surface area contributed by atoms with Crippen LogP contribution in [0, 0.1) is 0 Å². The van der Waals surface area contributed by atoms with E-state index >= 15 is 0 Å². The largest absolute Gasteiger partial charge is 0.337 e. The number of carbonyl (C=O) groups excluding carboxylic acids is 1. The lowest BCUT2D eigenvalue weighted by Gasteiger charge is -2.32. The molecule has 0 spiro atoms. The highest BCUT2D eigenvalue weighted by Crippen LogP contribution is 2.21. The predicted molar refractivity (Wildman–Crippen MR) is 74.4 cm³/mol. The van der Waals surface area contributed by atoms with Gasteiger partial charge >= 0.3 is 0 Å². The molecule has 0 saturated carbocycles. The van der Waals surface area contributed by atoms with E-state index in [0.29, 0.717) is 21.7 Å². The van der Waals surface area contributed by atoms with E-state index < -0.39 is 0 Å².